The Balaban J connectivity index is 2.32. The van der Waals surface area contributed by atoms with Gasteiger partial charge in [-0.05, 0) is 74.6 Å². The second-order valence-corrected chi connectivity index (χ2v) is 8.99. The number of nitrogens with one attached hydrogen (secondary N) is 2. The summed E-state index contributed by atoms with van der Waals surface area (Å²) in [4.78, 5) is 12.8. The molecule has 0 aliphatic rings. The van der Waals surface area contributed by atoms with E-state index in [2.05, 4.69) is 29.1 Å². The van der Waals surface area contributed by atoms with Crippen LogP contribution in [0.1, 0.15) is 58.9 Å². The third-order valence-electron chi connectivity index (χ3n) is 4.95. The minimum absolute atomic E-state index is 0.0453. The predicted molar refractivity (Wildman–Crippen MR) is 115 cm³/mol. The van der Waals surface area contributed by atoms with Crippen LogP contribution in [0.5, 0.6) is 5.75 Å². The molecular weight excluding hydrogens is 388 g/mol. The number of sulfonamides is 1. The molecule has 6 nitrogen and oxygen atoms in total. The SMILES string of the molecule is CCCNS(=O)(=O)c1cc(C(=O)N[C@@H](C)c2cc(C)c(C)cc2C)ccc1OC. The Bertz CT molecular complexity index is 1000. The number of aryl methyl sites for hydroxylation is 3. The number of amides is 1. The van der Waals surface area contributed by atoms with Crippen LogP contribution in [-0.2, 0) is 10.0 Å². The van der Waals surface area contributed by atoms with Crippen molar-refractivity contribution in [3.05, 3.63) is 58.1 Å². The minimum atomic E-state index is -3.77. The zero-order chi connectivity index (χ0) is 21.8. The molecule has 0 saturated heterocycles. The molecule has 0 saturated carbocycles. The molecule has 0 aliphatic carbocycles. The minimum Gasteiger partial charge on any atom is -0.495 e. The third-order valence-corrected chi connectivity index (χ3v) is 6.44. The molecular formula is C22H30N2O4S. The maximum absolute atomic E-state index is 12.8. The van der Waals surface area contributed by atoms with E-state index in [0.717, 1.165) is 16.7 Å². The number of hydrogen-bond donors (Lipinski definition) is 2. The van der Waals surface area contributed by atoms with E-state index in [1.54, 1.807) is 6.07 Å². The van der Waals surface area contributed by atoms with Gasteiger partial charge in [0.1, 0.15) is 10.6 Å². The lowest BCUT2D eigenvalue weighted by molar-refractivity contribution is 0.0939. The van der Waals surface area contributed by atoms with Crippen LogP contribution >= 0.6 is 0 Å². The molecule has 29 heavy (non-hydrogen) atoms. The second-order valence-electron chi connectivity index (χ2n) is 7.25. The number of hydrogen-bond acceptors (Lipinski definition) is 4. The van der Waals surface area contributed by atoms with Crippen LogP contribution in [0.3, 0.4) is 0 Å². The Kier molecular flexibility index (Phi) is 7.43. The molecule has 0 fully saturated rings. The molecule has 0 bridgehead atoms. The van der Waals surface area contributed by atoms with Crippen molar-refractivity contribution < 1.29 is 17.9 Å². The molecule has 0 aromatic heterocycles. The van der Waals surface area contributed by atoms with E-state index in [-0.39, 0.29) is 28.2 Å². The molecule has 0 unspecified atom stereocenters. The highest BCUT2D eigenvalue weighted by atomic mass is 32.2. The zero-order valence-electron chi connectivity index (χ0n) is 17.9. The molecule has 2 aromatic rings. The van der Waals surface area contributed by atoms with E-state index in [9.17, 15) is 13.2 Å². The monoisotopic (exact) mass is 418 g/mol. The summed E-state index contributed by atoms with van der Waals surface area (Å²) in [6.45, 7) is 10.2. The summed E-state index contributed by atoms with van der Waals surface area (Å²) in [6, 6.07) is 8.38. The lowest BCUT2D eigenvalue weighted by atomic mass is 9.96. The quantitative estimate of drug-likeness (QED) is 0.683. The maximum Gasteiger partial charge on any atom is 0.251 e. The highest BCUT2D eigenvalue weighted by Gasteiger charge is 2.22. The number of carbonyl (C=O) groups excluding carboxylic acids is 1. The Morgan fingerprint density at radius 3 is 2.34 bits per heavy atom. The molecule has 2 rings (SSSR count). The van der Waals surface area contributed by atoms with Gasteiger partial charge in [0.05, 0.1) is 13.2 Å². The molecule has 1 amide bonds. The van der Waals surface area contributed by atoms with Crippen molar-refractivity contribution >= 4 is 15.9 Å². The van der Waals surface area contributed by atoms with Crippen molar-refractivity contribution in [3.63, 3.8) is 0 Å². The highest BCUT2D eigenvalue weighted by Crippen LogP contribution is 2.26. The van der Waals surface area contributed by atoms with Crippen LogP contribution in [0.15, 0.2) is 35.2 Å². The molecule has 1 atom stereocenters. The predicted octanol–water partition coefficient (Wildman–Crippen LogP) is 3.80. The number of methoxy groups -OCH3 is 1. The average molecular weight is 419 g/mol. The van der Waals surface area contributed by atoms with Crippen molar-refractivity contribution in [2.75, 3.05) is 13.7 Å². The lowest BCUT2D eigenvalue weighted by Crippen LogP contribution is -2.28. The van der Waals surface area contributed by atoms with Crippen LogP contribution in [0, 0.1) is 20.8 Å². The fourth-order valence-corrected chi connectivity index (χ4v) is 4.48. The van der Waals surface area contributed by atoms with Gasteiger partial charge in [0, 0.05) is 12.1 Å². The van der Waals surface area contributed by atoms with E-state index < -0.39 is 10.0 Å². The van der Waals surface area contributed by atoms with Gasteiger partial charge in [-0.2, -0.15) is 0 Å². The van der Waals surface area contributed by atoms with Crippen molar-refractivity contribution in [1.82, 2.24) is 10.0 Å². The van der Waals surface area contributed by atoms with E-state index in [1.807, 2.05) is 27.7 Å². The number of rotatable bonds is 8. The van der Waals surface area contributed by atoms with Crippen molar-refractivity contribution in [1.29, 1.82) is 0 Å². The second kappa shape index (κ2) is 9.41. The molecule has 0 radical (unpaired) electrons. The standard InChI is InChI=1S/C22H30N2O4S/c1-7-10-23-29(26,27)21-13-18(8-9-20(21)28-6)22(25)24-17(5)19-12-15(3)14(2)11-16(19)4/h8-9,11-13,17,23H,7,10H2,1-6H3,(H,24,25)/t17-/m0/s1. The van der Waals surface area contributed by atoms with Crippen LogP contribution in [0.25, 0.3) is 0 Å². The van der Waals surface area contributed by atoms with Crippen molar-refractivity contribution in [2.45, 2.75) is 52.0 Å². The Labute approximate surface area is 173 Å². The van der Waals surface area contributed by atoms with Crippen LogP contribution in [0.2, 0.25) is 0 Å². The van der Waals surface area contributed by atoms with Gasteiger partial charge in [0.2, 0.25) is 10.0 Å². The van der Waals surface area contributed by atoms with E-state index in [4.69, 9.17) is 4.74 Å². The Hall–Kier alpha value is -2.38. The van der Waals surface area contributed by atoms with Crippen LogP contribution in [-0.4, -0.2) is 28.0 Å². The highest BCUT2D eigenvalue weighted by molar-refractivity contribution is 7.89. The van der Waals surface area contributed by atoms with Gasteiger partial charge in [0.15, 0.2) is 0 Å². The van der Waals surface area contributed by atoms with Crippen LogP contribution < -0.4 is 14.8 Å². The first-order valence-electron chi connectivity index (χ1n) is 9.67. The summed E-state index contributed by atoms with van der Waals surface area (Å²) in [5, 5.41) is 2.96. The van der Waals surface area contributed by atoms with Gasteiger partial charge < -0.3 is 10.1 Å². The number of carbonyl (C=O) groups is 1. The van der Waals surface area contributed by atoms with Gasteiger partial charge >= 0.3 is 0 Å². The third kappa shape index (κ3) is 5.36. The van der Waals surface area contributed by atoms with Gasteiger partial charge in [-0.1, -0.05) is 19.1 Å². The topological polar surface area (TPSA) is 84.5 Å². The first-order valence-corrected chi connectivity index (χ1v) is 11.1. The first-order chi connectivity index (χ1) is 13.6. The number of ether oxygens (including phenoxy) is 1. The molecule has 158 valence electrons. The summed E-state index contributed by atoms with van der Waals surface area (Å²) in [5.74, 6) is -0.145. The summed E-state index contributed by atoms with van der Waals surface area (Å²) < 4.78 is 32.9. The Morgan fingerprint density at radius 1 is 1.07 bits per heavy atom. The van der Waals surface area contributed by atoms with E-state index in [0.29, 0.717) is 13.0 Å². The summed E-state index contributed by atoms with van der Waals surface area (Å²) in [5.41, 5.74) is 4.76. The molecule has 0 heterocycles. The van der Waals surface area contributed by atoms with E-state index >= 15 is 0 Å². The molecule has 0 aliphatic heterocycles. The largest absolute Gasteiger partial charge is 0.495 e. The fourth-order valence-electron chi connectivity index (χ4n) is 3.15. The molecule has 7 heteroatoms. The average Bonchev–Trinajstić information content (AvgIpc) is 2.68. The first kappa shape index (κ1) is 22.9. The van der Waals surface area contributed by atoms with Gasteiger partial charge in [-0.15, -0.1) is 0 Å². The zero-order valence-corrected chi connectivity index (χ0v) is 18.7. The Morgan fingerprint density at radius 2 is 1.72 bits per heavy atom. The van der Waals surface area contributed by atoms with Crippen molar-refractivity contribution in [3.8, 4) is 5.75 Å². The smallest absolute Gasteiger partial charge is 0.251 e. The fraction of sp³-hybridized carbons (Fsp3) is 0.409. The van der Waals surface area contributed by atoms with Crippen molar-refractivity contribution in [2.24, 2.45) is 0 Å². The normalized spacial score (nSPS) is 12.5. The van der Waals surface area contributed by atoms with Crippen LogP contribution in [0.4, 0.5) is 0 Å². The van der Waals surface area contributed by atoms with Gasteiger partial charge in [-0.25, -0.2) is 13.1 Å². The summed E-state index contributed by atoms with van der Waals surface area (Å²) >= 11 is 0. The molecule has 0 spiro atoms. The lowest BCUT2D eigenvalue weighted by Gasteiger charge is -2.19. The summed E-state index contributed by atoms with van der Waals surface area (Å²) in [7, 11) is -2.37. The summed E-state index contributed by atoms with van der Waals surface area (Å²) in [6.07, 6.45) is 0.661. The van der Waals surface area contributed by atoms with Gasteiger partial charge in [0.25, 0.3) is 5.91 Å². The maximum atomic E-state index is 12.8. The molecule has 2 N–H and O–H groups in total. The van der Waals surface area contributed by atoms with Gasteiger partial charge in [-0.3, -0.25) is 4.79 Å². The van der Waals surface area contributed by atoms with E-state index in [1.165, 1.54) is 24.8 Å². The molecule has 2 aromatic carbocycles. The number of benzene rings is 2.